The van der Waals surface area contributed by atoms with Crippen molar-refractivity contribution in [3.05, 3.63) is 44.3 Å². The Balaban J connectivity index is 2.21. The Hall–Kier alpha value is -1.40. The van der Waals surface area contributed by atoms with Gasteiger partial charge in [-0.25, -0.2) is 4.39 Å². The molecule has 0 unspecified atom stereocenters. The molecule has 1 aromatic heterocycles. The van der Waals surface area contributed by atoms with E-state index in [1.165, 1.54) is 29.5 Å². The van der Waals surface area contributed by atoms with E-state index in [4.69, 9.17) is 5.73 Å². The maximum atomic E-state index is 13.5. The summed E-state index contributed by atoms with van der Waals surface area (Å²) in [6, 6.07) is 5.90. The topological polar surface area (TPSA) is 55.1 Å². The van der Waals surface area contributed by atoms with Crippen LogP contribution in [0.3, 0.4) is 0 Å². The molecular formula is C12H10BrFN2OS. The predicted molar refractivity (Wildman–Crippen MR) is 75.5 cm³/mol. The lowest BCUT2D eigenvalue weighted by Gasteiger charge is -2.05. The fourth-order valence-corrected chi connectivity index (χ4v) is 2.82. The quantitative estimate of drug-likeness (QED) is 0.824. The zero-order valence-electron chi connectivity index (χ0n) is 9.46. The van der Waals surface area contributed by atoms with Crippen LogP contribution < -0.4 is 11.1 Å². The Morgan fingerprint density at radius 1 is 1.44 bits per heavy atom. The molecule has 0 radical (unpaired) electrons. The van der Waals surface area contributed by atoms with Crippen molar-refractivity contribution in [2.45, 2.75) is 6.92 Å². The number of halogens is 2. The summed E-state index contributed by atoms with van der Waals surface area (Å²) in [4.78, 5) is 12.4. The van der Waals surface area contributed by atoms with Gasteiger partial charge in [-0.2, -0.15) is 0 Å². The molecule has 3 nitrogen and oxygen atoms in total. The van der Waals surface area contributed by atoms with Crippen molar-refractivity contribution in [3.8, 4) is 0 Å². The van der Waals surface area contributed by atoms with Crippen LogP contribution in [0, 0.1) is 12.7 Å². The van der Waals surface area contributed by atoms with Gasteiger partial charge >= 0.3 is 0 Å². The van der Waals surface area contributed by atoms with E-state index in [0.29, 0.717) is 10.6 Å². The van der Waals surface area contributed by atoms with Crippen molar-refractivity contribution >= 4 is 44.5 Å². The largest absolute Gasteiger partial charge is 0.399 e. The van der Waals surface area contributed by atoms with Crippen molar-refractivity contribution in [2.75, 3.05) is 11.1 Å². The number of benzene rings is 1. The molecule has 0 bridgehead atoms. The molecule has 0 aliphatic rings. The van der Waals surface area contributed by atoms with Crippen LogP contribution in [0.4, 0.5) is 15.8 Å². The van der Waals surface area contributed by atoms with Crippen molar-refractivity contribution in [3.63, 3.8) is 0 Å². The zero-order chi connectivity index (χ0) is 13.3. The summed E-state index contributed by atoms with van der Waals surface area (Å²) in [7, 11) is 0. The number of nitrogens with one attached hydrogen (secondary N) is 1. The highest BCUT2D eigenvalue weighted by Gasteiger charge is 2.13. The highest BCUT2D eigenvalue weighted by atomic mass is 79.9. The molecule has 0 spiro atoms. The molecule has 0 saturated carbocycles. The summed E-state index contributed by atoms with van der Waals surface area (Å²) >= 11 is 4.65. The Kier molecular flexibility index (Phi) is 3.68. The predicted octanol–water partition coefficient (Wildman–Crippen LogP) is 3.79. The average molecular weight is 329 g/mol. The second-order valence-corrected chi connectivity index (χ2v) is 6.13. The monoisotopic (exact) mass is 328 g/mol. The minimum absolute atomic E-state index is 0.122. The van der Waals surface area contributed by atoms with Crippen LogP contribution in [0.2, 0.25) is 0 Å². The zero-order valence-corrected chi connectivity index (χ0v) is 11.9. The lowest BCUT2D eigenvalue weighted by atomic mass is 10.2. The number of hydrogen-bond acceptors (Lipinski definition) is 3. The first kappa shape index (κ1) is 13.0. The van der Waals surface area contributed by atoms with E-state index in [0.717, 1.165) is 9.35 Å². The summed E-state index contributed by atoms with van der Waals surface area (Å²) in [5, 5.41) is 2.51. The minimum atomic E-state index is -0.546. The number of nitrogens with two attached hydrogens (primary N) is 1. The van der Waals surface area contributed by atoms with Gasteiger partial charge in [-0.1, -0.05) is 0 Å². The summed E-state index contributed by atoms with van der Waals surface area (Å²) in [6.07, 6.45) is 0. The van der Waals surface area contributed by atoms with Crippen LogP contribution in [0.15, 0.2) is 28.1 Å². The van der Waals surface area contributed by atoms with Gasteiger partial charge in [-0.15, -0.1) is 11.3 Å². The highest BCUT2D eigenvalue weighted by Crippen LogP contribution is 2.28. The number of carbonyl (C=O) groups is 1. The Morgan fingerprint density at radius 3 is 2.72 bits per heavy atom. The molecule has 0 aliphatic carbocycles. The fraction of sp³-hybridized carbons (Fsp3) is 0.0833. The minimum Gasteiger partial charge on any atom is -0.399 e. The Labute approximate surface area is 116 Å². The maximum Gasteiger partial charge on any atom is 0.265 e. The standard InChI is InChI=1S/C12H10BrFN2OS/c1-6-4-10(18-11(6)13)12(17)16-9-3-2-7(15)5-8(9)14/h2-5H,15H2,1H3,(H,16,17). The number of aryl methyl sites for hydroxylation is 1. The second kappa shape index (κ2) is 5.07. The molecule has 1 amide bonds. The maximum absolute atomic E-state index is 13.5. The average Bonchev–Trinajstić information content (AvgIpc) is 2.63. The molecule has 0 atom stereocenters. The van der Waals surface area contributed by atoms with Gasteiger partial charge in [0.05, 0.1) is 14.4 Å². The fourth-order valence-electron chi connectivity index (χ4n) is 1.39. The SMILES string of the molecule is Cc1cc(C(=O)Nc2ccc(N)cc2F)sc1Br. The van der Waals surface area contributed by atoms with Crippen LogP contribution in [0.25, 0.3) is 0 Å². The van der Waals surface area contributed by atoms with Crippen LogP contribution in [0.5, 0.6) is 0 Å². The molecule has 3 N–H and O–H groups in total. The Bertz CT molecular complexity index is 593. The van der Waals surface area contributed by atoms with E-state index in [1.807, 2.05) is 6.92 Å². The van der Waals surface area contributed by atoms with Crippen molar-refractivity contribution in [1.82, 2.24) is 0 Å². The van der Waals surface area contributed by atoms with Crippen LogP contribution in [-0.2, 0) is 0 Å². The summed E-state index contributed by atoms with van der Waals surface area (Å²) in [6.45, 7) is 1.89. The van der Waals surface area contributed by atoms with Crippen molar-refractivity contribution in [1.29, 1.82) is 0 Å². The molecule has 0 aliphatic heterocycles. The third-order valence-electron chi connectivity index (χ3n) is 2.32. The number of thiophene rings is 1. The molecule has 1 aromatic carbocycles. The van der Waals surface area contributed by atoms with Gasteiger partial charge in [0, 0.05) is 5.69 Å². The summed E-state index contributed by atoms with van der Waals surface area (Å²) in [5.41, 5.74) is 6.85. The van der Waals surface area contributed by atoms with E-state index >= 15 is 0 Å². The van der Waals surface area contributed by atoms with Crippen molar-refractivity contribution in [2.24, 2.45) is 0 Å². The lowest BCUT2D eigenvalue weighted by Crippen LogP contribution is -2.11. The Morgan fingerprint density at radius 2 is 2.17 bits per heavy atom. The molecule has 0 fully saturated rings. The highest BCUT2D eigenvalue weighted by molar-refractivity contribution is 9.11. The van der Waals surface area contributed by atoms with E-state index in [9.17, 15) is 9.18 Å². The molecule has 18 heavy (non-hydrogen) atoms. The van der Waals surface area contributed by atoms with Gasteiger partial charge in [0.2, 0.25) is 0 Å². The third kappa shape index (κ3) is 2.70. The first-order valence-electron chi connectivity index (χ1n) is 5.09. The van der Waals surface area contributed by atoms with Gasteiger partial charge < -0.3 is 11.1 Å². The first-order valence-corrected chi connectivity index (χ1v) is 6.70. The first-order chi connectivity index (χ1) is 8.47. The molecule has 2 rings (SSSR count). The number of carbonyl (C=O) groups excluding carboxylic acids is 1. The molecule has 2 aromatic rings. The van der Waals surface area contributed by atoms with Gasteiger partial charge in [-0.05, 0) is 52.7 Å². The lowest BCUT2D eigenvalue weighted by molar-refractivity contribution is 0.103. The molecular weight excluding hydrogens is 319 g/mol. The number of anilines is 2. The second-order valence-electron chi connectivity index (χ2n) is 3.76. The van der Waals surface area contributed by atoms with Gasteiger partial charge in [0.25, 0.3) is 5.91 Å². The van der Waals surface area contributed by atoms with E-state index < -0.39 is 5.82 Å². The number of hydrogen-bond donors (Lipinski definition) is 2. The smallest absolute Gasteiger partial charge is 0.265 e. The van der Waals surface area contributed by atoms with E-state index in [-0.39, 0.29) is 11.6 Å². The van der Waals surface area contributed by atoms with Crippen LogP contribution in [0.1, 0.15) is 15.2 Å². The summed E-state index contributed by atoms with van der Waals surface area (Å²) in [5.74, 6) is -0.881. The molecule has 1 heterocycles. The van der Waals surface area contributed by atoms with Gasteiger partial charge in [-0.3, -0.25) is 4.79 Å². The number of rotatable bonds is 2. The van der Waals surface area contributed by atoms with Gasteiger partial charge in [0.1, 0.15) is 5.82 Å². The summed E-state index contributed by atoms with van der Waals surface area (Å²) < 4.78 is 14.4. The number of amides is 1. The molecule has 94 valence electrons. The normalized spacial score (nSPS) is 10.4. The van der Waals surface area contributed by atoms with E-state index in [1.54, 1.807) is 6.07 Å². The van der Waals surface area contributed by atoms with Crippen LogP contribution in [-0.4, -0.2) is 5.91 Å². The molecule has 0 saturated heterocycles. The van der Waals surface area contributed by atoms with E-state index in [2.05, 4.69) is 21.2 Å². The van der Waals surface area contributed by atoms with Crippen molar-refractivity contribution < 1.29 is 9.18 Å². The number of nitrogen functional groups attached to an aromatic ring is 1. The molecule has 6 heteroatoms. The third-order valence-corrected chi connectivity index (χ3v) is 4.46. The van der Waals surface area contributed by atoms with Crippen LogP contribution >= 0.6 is 27.3 Å². The van der Waals surface area contributed by atoms with Gasteiger partial charge in [0.15, 0.2) is 0 Å².